The van der Waals surface area contributed by atoms with E-state index in [-0.39, 0.29) is 11.9 Å². The van der Waals surface area contributed by atoms with E-state index in [4.69, 9.17) is 0 Å². The minimum absolute atomic E-state index is 0.0895. The maximum Gasteiger partial charge on any atom is 0.248 e. The number of rotatable bonds is 3. The van der Waals surface area contributed by atoms with Crippen molar-refractivity contribution in [3.8, 4) is 0 Å². The molecule has 4 rings (SSSR count). The Bertz CT molecular complexity index is 800. The number of amides is 1. The number of carbonyl (C=O) groups excluding carboxylic acids is 1. The monoisotopic (exact) mass is 315 g/mol. The molecule has 1 saturated heterocycles. The molecule has 0 aromatic carbocycles. The van der Waals surface area contributed by atoms with Crippen molar-refractivity contribution < 1.29 is 4.79 Å². The molecule has 1 amide bonds. The predicted molar refractivity (Wildman–Crippen MR) is 82.8 cm³/mol. The second kappa shape index (κ2) is 5.34. The van der Waals surface area contributed by atoms with E-state index in [0.29, 0.717) is 5.82 Å². The number of aromatic nitrogens is 5. The summed E-state index contributed by atoms with van der Waals surface area (Å²) in [7, 11) is 0. The summed E-state index contributed by atoms with van der Waals surface area (Å²) in [4.78, 5) is 24.1. The lowest BCUT2D eigenvalue weighted by molar-refractivity contribution is -0.117. The van der Waals surface area contributed by atoms with E-state index < -0.39 is 0 Å². The minimum atomic E-state index is -0.255. The molecule has 0 saturated carbocycles. The third-order valence-corrected chi connectivity index (χ3v) is 4.56. The van der Waals surface area contributed by atoms with Crippen LogP contribution >= 0.6 is 11.3 Å². The molecule has 0 bridgehead atoms. The van der Waals surface area contributed by atoms with Gasteiger partial charge in [-0.25, -0.2) is 9.97 Å². The van der Waals surface area contributed by atoms with Crippen molar-refractivity contribution in [3.63, 3.8) is 0 Å². The van der Waals surface area contributed by atoms with Gasteiger partial charge in [-0.2, -0.15) is 10.3 Å². The molecule has 2 N–H and O–H groups in total. The number of hydrogen-bond donors (Lipinski definition) is 2. The van der Waals surface area contributed by atoms with E-state index in [0.717, 1.165) is 35.4 Å². The van der Waals surface area contributed by atoms with Gasteiger partial charge in [0.15, 0.2) is 5.82 Å². The van der Waals surface area contributed by atoms with Gasteiger partial charge in [-0.3, -0.25) is 4.79 Å². The number of hydrogen-bond acceptors (Lipinski definition) is 7. The first-order chi connectivity index (χ1) is 10.8. The van der Waals surface area contributed by atoms with Gasteiger partial charge in [0, 0.05) is 6.54 Å². The van der Waals surface area contributed by atoms with E-state index >= 15 is 0 Å². The van der Waals surface area contributed by atoms with Gasteiger partial charge in [0.05, 0.1) is 11.6 Å². The van der Waals surface area contributed by atoms with Crippen molar-refractivity contribution in [3.05, 3.63) is 24.0 Å². The molecule has 1 aliphatic rings. The Balaban J connectivity index is 1.63. The molecular formula is C13H13N7OS. The zero-order chi connectivity index (χ0) is 14.9. The number of fused-ring (bicyclic) bond motifs is 1. The van der Waals surface area contributed by atoms with Crippen molar-refractivity contribution in [1.29, 1.82) is 0 Å². The molecule has 22 heavy (non-hydrogen) atoms. The third kappa shape index (κ3) is 2.19. The average molecular weight is 315 g/mol. The van der Waals surface area contributed by atoms with Crippen LogP contribution in [0.15, 0.2) is 24.0 Å². The fourth-order valence-electron chi connectivity index (χ4n) is 2.77. The lowest BCUT2D eigenvalue weighted by atomic mass is 10.2. The first-order valence-corrected chi connectivity index (χ1v) is 7.82. The van der Waals surface area contributed by atoms with Gasteiger partial charge in [-0.15, -0.1) is 16.4 Å². The molecule has 8 nitrogen and oxygen atoms in total. The van der Waals surface area contributed by atoms with Crippen molar-refractivity contribution in [2.45, 2.75) is 18.9 Å². The highest BCUT2D eigenvalue weighted by Crippen LogP contribution is 2.31. The van der Waals surface area contributed by atoms with Gasteiger partial charge in [0.25, 0.3) is 0 Å². The first-order valence-electron chi connectivity index (χ1n) is 6.94. The van der Waals surface area contributed by atoms with Gasteiger partial charge in [0.1, 0.15) is 23.0 Å². The van der Waals surface area contributed by atoms with E-state index in [2.05, 4.69) is 30.7 Å². The van der Waals surface area contributed by atoms with E-state index in [1.54, 1.807) is 17.7 Å². The number of aromatic amines is 1. The molecule has 1 unspecified atom stereocenters. The van der Waals surface area contributed by atoms with E-state index in [1.807, 2.05) is 16.3 Å². The van der Waals surface area contributed by atoms with Gasteiger partial charge >= 0.3 is 0 Å². The predicted octanol–water partition coefficient (Wildman–Crippen LogP) is 1.42. The number of H-pyrrole nitrogens is 1. The summed E-state index contributed by atoms with van der Waals surface area (Å²) in [5.74, 6) is 1.16. The normalized spacial score (nSPS) is 18.0. The smallest absolute Gasteiger partial charge is 0.248 e. The quantitative estimate of drug-likeness (QED) is 0.758. The van der Waals surface area contributed by atoms with Crippen LogP contribution in [-0.4, -0.2) is 43.9 Å². The van der Waals surface area contributed by atoms with Crippen LogP contribution in [-0.2, 0) is 4.79 Å². The molecule has 1 aliphatic heterocycles. The van der Waals surface area contributed by atoms with E-state index in [9.17, 15) is 4.79 Å². The number of carbonyl (C=O) groups is 1. The van der Waals surface area contributed by atoms with Crippen molar-refractivity contribution >= 4 is 39.1 Å². The van der Waals surface area contributed by atoms with Crippen LogP contribution in [0.4, 0.5) is 11.6 Å². The summed E-state index contributed by atoms with van der Waals surface area (Å²) < 4.78 is 0. The Hall–Kier alpha value is -2.55. The highest BCUT2D eigenvalue weighted by Gasteiger charge is 2.33. The maximum absolute atomic E-state index is 12.5. The van der Waals surface area contributed by atoms with Crippen molar-refractivity contribution in [1.82, 2.24) is 25.4 Å². The fraction of sp³-hybridized carbons (Fsp3) is 0.308. The van der Waals surface area contributed by atoms with E-state index in [1.165, 1.54) is 6.20 Å². The van der Waals surface area contributed by atoms with Crippen LogP contribution in [0.2, 0.25) is 0 Å². The summed E-state index contributed by atoms with van der Waals surface area (Å²) in [6, 6.07) is 1.75. The Kier molecular flexibility index (Phi) is 3.19. The first kappa shape index (κ1) is 13.1. The molecule has 0 spiro atoms. The van der Waals surface area contributed by atoms with Crippen LogP contribution in [0.25, 0.3) is 10.2 Å². The second-order valence-corrected chi connectivity index (χ2v) is 5.93. The molecule has 3 aromatic heterocycles. The number of nitrogens with one attached hydrogen (secondary N) is 2. The highest BCUT2D eigenvalue weighted by atomic mass is 32.1. The summed E-state index contributed by atoms with van der Waals surface area (Å²) in [6.45, 7) is 0.804. The summed E-state index contributed by atoms with van der Waals surface area (Å²) in [6.07, 6.45) is 4.78. The zero-order valence-electron chi connectivity index (χ0n) is 11.6. The van der Waals surface area contributed by atoms with Crippen LogP contribution in [0.3, 0.4) is 0 Å². The van der Waals surface area contributed by atoms with Gasteiger partial charge in [-0.1, -0.05) is 0 Å². The minimum Gasteiger partial charge on any atom is -0.344 e. The Morgan fingerprint density at radius 2 is 2.41 bits per heavy atom. The molecule has 9 heteroatoms. The van der Waals surface area contributed by atoms with Crippen molar-refractivity contribution in [2.24, 2.45) is 0 Å². The SMILES string of the molecule is O=C(Nc1cn[nH]n1)C1CCCN1c1ncnc2sccc12. The number of anilines is 2. The maximum atomic E-state index is 12.5. The molecule has 3 aromatic rings. The lowest BCUT2D eigenvalue weighted by Gasteiger charge is -2.24. The molecule has 4 heterocycles. The van der Waals surface area contributed by atoms with Crippen LogP contribution in [0.1, 0.15) is 12.8 Å². The Morgan fingerprint density at radius 3 is 3.27 bits per heavy atom. The lowest BCUT2D eigenvalue weighted by Crippen LogP contribution is -2.40. The fourth-order valence-corrected chi connectivity index (χ4v) is 3.50. The number of nitrogens with zero attached hydrogens (tertiary/aromatic N) is 5. The Morgan fingerprint density at radius 1 is 1.45 bits per heavy atom. The molecule has 0 aliphatic carbocycles. The zero-order valence-corrected chi connectivity index (χ0v) is 12.4. The molecular weight excluding hydrogens is 302 g/mol. The second-order valence-electron chi connectivity index (χ2n) is 5.03. The summed E-state index contributed by atoms with van der Waals surface area (Å²) >= 11 is 1.57. The molecule has 1 atom stereocenters. The summed E-state index contributed by atoms with van der Waals surface area (Å²) in [5, 5.41) is 15.8. The van der Waals surface area contributed by atoms with Crippen molar-refractivity contribution in [2.75, 3.05) is 16.8 Å². The third-order valence-electron chi connectivity index (χ3n) is 3.73. The molecule has 0 radical (unpaired) electrons. The van der Waals surface area contributed by atoms with Gasteiger partial charge in [-0.05, 0) is 24.3 Å². The van der Waals surface area contributed by atoms with Gasteiger partial charge < -0.3 is 10.2 Å². The largest absolute Gasteiger partial charge is 0.344 e. The van der Waals surface area contributed by atoms with Crippen LogP contribution in [0.5, 0.6) is 0 Å². The standard InChI is InChI=1S/C13H13N7OS/c21-12(17-10-6-16-19-18-10)9-2-1-4-20(9)11-8-3-5-22-13(8)15-7-14-11/h3,5-7,9H,1-2,4H2,(H2,16,17,18,19,21). The van der Waals surface area contributed by atoms with Gasteiger partial charge in [0.2, 0.25) is 5.91 Å². The Labute approximate surface area is 129 Å². The summed E-state index contributed by atoms with van der Waals surface area (Å²) in [5.41, 5.74) is 0. The molecule has 112 valence electrons. The number of thiophene rings is 1. The average Bonchev–Trinajstić information content (AvgIpc) is 3.27. The highest BCUT2D eigenvalue weighted by molar-refractivity contribution is 7.16. The topological polar surface area (TPSA) is 99.7 Å². The van der Waals surface area contributed by atoms with Crippen LogP contribution < -0.4 is 10.2 Å². The van der Waals surface area contributed by atoms with Crippen LogP contribution in [0, 0.1) is 0 Å². The molecule has 1 fully saturated rings.